The molecule has 4 rings (SSSR count). The molecule has 0 spiro atoms. The van der Waals surface area contributed by atoms with Crippen LogP contribution >= 0.6 is 0 Å². The summed E-state index contributed by atoms with van der Waals surface area (Å²) >= 11 is 0. The number of ether oxygens (including phenoxy) is 2. The molecule has 2 aromatic carbocycles. The predicted molar refractivity (Wildman–Crippen MR) is 124 cm³/mol. The number of amides is 1. The van der Waals surface area contributed by atoms with Crippen LogP contribution in [-0.2, 0) is 11.3 Å². The van der Waals surface area contributed by atoms with E-state index in [1.165, 1.54) is 12.1 Å². The summed E-state index contributed by atoms with van der Waals surface area (Å²) in [5, 5.41) is 3.03. The minimum absolute atomic E-state index is 0.000466. The standard InChI is InChI=1S/C25H27FN4O3/c1-32-22-10-7-18(23(12-22)33-2)13-27-24(31)19-4-3-11-30(16-19)25-28-14-20(15-29-25)17-5-8-21(26)9-6-17/h5-10,12,14-15,19H,3-4,11,13,16H2,1-2H3,(H,27,31)/t19-/m0/s1. The summed E-state index contributed by atoms with van der Waals surface area (Å²) in [6.45, 7) is 1.73. The number of carbonyl (C=O) groups is 1. The van der Waals surface area contributed by atoms with Gasteiger partial charge in [0.1, 0.15) is 17.3 Å². The Morgan fingerprint density at radius 1 is 1.09 bits per heavy atom. The molecule has 0 unspecified atom stereocenters. The molecule has 33 heavy (non-hydrogen) atoms. The number of nitrogens with one attached hydrogen (secondary N) is 1. The molecule has 0 aliphatic carbocycles. The predicted octanol–water partition coefficient (Wildman–Crippen LogP) is 3.83. The lowest BCUT2D eigenvalue weighted by Crippen LogP contribution is -2.43. The van der Waals surface area contributed by atoms with E-state index in [0.717, 1.165) is 36.1 Å². The smallest absolute Gasteiger partial charge is 0.225 e. The largest absolute Gasteiger partial charge is 0.497 e. The minimum atomic E-state index is -0.278. The first-order valence-corrected chi connectivity index (χ1v) is 10.9. The van der Waals surface area contributed by atoms with Gasteiger partial charge in [-0.05, 0) is 42.7 Å². The molecule has 0 radical (unpaired) electrons. The van der Waals surface area contributed by atoms with E-state index < -0.39 is 0 Å². The van der Waals surface area contributed by atoms with Crippen molar-refractivity contribution < 1.29 is 18.7 Å². The van der Waals surface area contributed by atoms with Crippen LogP contribution in [0.4, 0.5) is 10.3 Å². The van der Waals surface area contributed by atoms with Crippen LogP contribution in [0.2, 0.25) is 0 Å². The Labute approximate surface area is 192 Å². The molecule has 1 fully saturated rings. The van der Waals surface area contributed by atoms with Crippen molar-refractivity contribution in [3.05, 3.63) is 66.2 Å². The molecule has 172 valence electrons. The topological polar surface area (TPSA) is 76.6 Å². The van der Waals surface area contributed by atoms with Gasteiger partial charge in [-0.2, -0.15) is 0 Å². The second-order valence-corrected chi connectivity index (χ2v) is 7.96. The first-order chi connectivity index (χ1) is 16.1. The van der Waals surface area contributed by atoms with Gasteiger partial charge < -0.3 is 19.7 Å². The minimum Gasteiger partial charge on any atom is -0.497 e. The molecule has 0 bridgehead atoms. The third kappa shape index (κ3) is 5.39. The van der Waals surface area contributed by atoms with E-state index in [1.54, 1.807) is 44.8 Å². The zero-order chi connectivity index (χ0) is 23.2. The second kappa shape index (κ2) is 10.3. The van der Waals surface area contributed by atoms with E-state index in [0.29, 0.717) is 30.5 Å². The van der Waals surface area contributed by atoms with Gasteiger partial charge in [0.25, 0.3) is 0 Å². The van der Waals surface area contributed by atoms with Crippen molar-refractivity contribution in [2.75, 3.05) is 32.2 Å². The van der Waals surface area contributed by atoms with Gasteiger partial charge in [-0.25, -0.2) is 14.4 Å². The number of nitrogens with zero attached hydrogens (tertiary/aromatic N) is 3. The molecule has 8 heteroatoms. The summed E-state index contributed by atoms with van der Waals surface area (Å²) in [5.74, 6) is 1.54. The molecule has 1 amide bonds. The molecule has 1 aliphatic heterocycles. The lowest BCUT2D eigenvalue weighted by molar-refractivity contribution is -0.125. The fraction of sp³-hybridized carbons (Fsp3) is 0.320. The van der Waals surface area contributed by atoms with Crippen LogP contribution in [-0.4, -0.2) is 43.2 Å². The Bertz CT molecular complexity index is 1090. The van der Waals surface area contributed by atoms with E-state index in [1.807, 2.05) is 17.0 Å². The molecule has 2 heterocycles. The molecule has 1 aliphatic rings. The average molecular weight is 451 g/mol. The van der Waals surface area contributed by atoms with Crippen molar-refractivity contribution in [1.29, 1.82) is 0 Å². The SMILES string of the molecule is COc1ccc(CNC(=O)[C@H]2CCCN(c3ncc(-c4ccc(F)cc4)cn3)C2)c(OC)c1. The number of hydrogen-bond donors (Lipinski definition) is 1. The summed E-state index contributed by atoms with van der Waals surface area (Å²) in [4.78, 5) is 23.9. The van der Waals surface area contributed by atoms with Crippen LogP contribution in [0, 0.1) is 11.7 Å². The maximum absolute atomic E-state index is 13.1. The molecular formula is C25H27FN4O3. The number of carbonyl (C=O) groups excluding carboxylic acids is 1. The summed E-state index contributed by atoms with van der Waals surface area (Å²) in [7, 11) is 3.20. The fourth-order valence-corrected chi connectivity index (χ4v) is 3.97. The summed E-state index contributed by atoms with van der Waals surface area (Å²) in [6, 6.07) is 11.8. The molecule has 3 aromatic rings. The van der Waals surface area contributed by atoms with Gasteiger partial charge in [0, 0.05) is 49.2 Å². The maximum Gasteiger partial charge on any atom is 0.225 e. The Kier molecular flexibility index (Phi) is 7.02. The van der Waals surface area contributed by atoms with Crippen LogP contribution in [0.1, 0.15) is 18.4 Å². The van der Waals surface area contributed by atoms with E-state index in [-0.39, 0.29) is 17.6 Å². The second-order valence-electron chi connectivity index (χ2n) is 7.96. The number of hydrogen-bond acceptors (Lipinski definition) is 6. The van der Waals surface area contributed by atoms with Gasteiger partial charge >= 0.3 is 0 Å². The molecule has 0 saturated carbocycles. The number of piperidine rings is 1. The zero-order valence-corrected chi connectivity index (χ0v) is 18.8. The van der Waals surface area contributed by atoms with E-state index in [4.69, 9.17) is 9.47 Å². The molecular weight excluding hydrogens is 423 g/mol. The van der Waals surface area contributed by atoms with Crippen molar-refractivity contribution in [1.82, 2.24) is 15.3 Å². The highest BCUT2D eigenvalue weighted by atomic mass is 19.1. The fourth-order valence-electron chi connectivity index (χ4n) is 3.97. The van der Waals surface area contributed by atoms with Crippen molar-refractivity contribution >= 4 is 11.9 Å². The molecule has 7 nitrogen and oxygen atoms in total. The van der Waals surface area contributed by atoms with Crippen molar-refractivity contribution in [3.8, 4) is 22.6 Å². The number of anilines is 1. The average Bonchev–Trinajstić information content (AvgIpc) is 2.87. The Morgan fingerprint density at radius 3 is 2.55 bits per heavy atom. The quantitative estimate of drug-likeness (QED) is 0.590. The van der Waals surface area contributed by atoms with Gasteiger partial charge in [-0.1, -0.05) is 12.1 Å². The third-order valence-corrected chi connectivity index (χ3v) is 5.84. The lowest BCUT2D eigenvalue weighted by atomic mass is 9.97. The number of halogens is 1. The first kappa shape index (κ1) is 22.5. The van der Waals surface area contributed by atoms with E-state index in [2.05, 4.69) is 15.3 Å². The lowest BCUT2D eigenvalue weighted by Gasteiger charge is -2.32. The van der Waals surface area contributed by atoms with Crippen LogP contribution < -0.4 is 19.7 Å². The number of methoxy groups -OCH3 is 2. The highest BCUT2D eigenvalue weighted by Crippen LogP contribution is 2.26. The van der Waals surface area contributed by atoms with E-state index in [9.17, 15) is 9.18 Å². The van der Waals surface area contributed by atoms with Gasteiger partial charge in [0.2, 0.25) is 11.9 Å². The summed E-state index contributed by atoms with van der Waals surface area (Å²) < 4.78 is 23.8. The van der Waals surface area contributed by atoms with Crippen LogP contribution in [0.5, 0.6) is 11.5 Å². The monoisotopic (exact) mass is 450 g/mol. The van der Waals surface area contributed by atoms with Crippen molar-refractivity contribution in [2.24, 2.45) is 5.92 Å². The number of rotatable bonds is 7. The third-order valence-electron chi connectivity index (χ3n) is 5.84. The number of aromatic nitrogens is 2. The zero-order valence-electron chi connectivity index (χ0n) is 18.8. The van der Waals surface area contributed by atoms with Gasteiger partial charge in [-0.3, -0.25) is 4.79 Å². The van der Waals surface area contributed by atoms with Crippen molar-refractivity contribution in [2.45, 2.75) is 19.4 Å². The highest BCUT2D eigenvalue weighted by molar-refractivity contribution is 5.79. The highest BCUT2D eigenvalue weighted by Gasteiger charge is 2.27. The first-order valence-electron chi connectivity index (χ1n) is 10.9. The Balaban J connectivity index is 1.37. The molecule has 1 aromatic heterocycles. The van der Waals surface area contributed by atoms with E-state index >= 15 is 0 Å². The normalized spacial score (nSPS) is 15.7. The number of benzene rings is 2. The summed E-state index contributed by atoms with van der Waals surface area (Å²) in [5.41, 5.74) is 2.56. The van der Waals surface area contributed by atoms with Crippen LogP contribution in [0.3, 0.4) is 0 Å². The maximum atomic E-state index is 13.1. The van der Waals surface area contributed by atoms with Crippen LogP contribution in [0.15, 0.2) is 54.9 Å². The summed E-state index contributed by atoms with van der Waals surface area (Å²) in [6.07, 6.45) is 5.16. The Hall–Kier alpha value is -3.68. The Morgan fingerprint density at radius 2 is 1.85 bits per heavy atom. The van der Waals surface area contributed by atoms with Crippen LogP contribution in [0.25, 0.3) is 11.1 Å². The van der Waals surface area contributed by atoms with Gasteiger partial charge in [-0.15, -0.1) is 0 Å². The molecule has 1 atom stereocenters. The van der Waals surface area contributed by atoms with Crippen molar-refractivity contribution in [3.63, 3.8) is 0 Å². The van der Waals surface area contributed by atoms with Gasteiger partial charge in [0.05, 0.1) is 20.1 Å². The van der Waals surface area contributed by atoms with Gasteiger partial charge in [0.15, 0.2) is 0 Å². The molecule has 1 N–H and O–H groups in total. The molecule has 1 saturated heterocycles.